The molecule has 0 aliphatic rings. The van der Waals surface area contributed by atoms with E-state index in [1.165, 1.54) is 0 Å². The van der Waals surface area contributed by atoms with Crippen LogP contribution < -0.4 is 0 Å². The van der Waals surface area contributed by atoms with Crippen molar-refractivity contribution in [1.82, 2.24) is 0 Å². The summed E-state index contributed by atoms with van der Waals surface area (Å²) in [6.07, 6.45) is -4.85. The molecule has 0 aliphatic carbocycles. The van der Waals surface area contributed by atoms with Crippen LogP contribution in [0.15, 0.2) is 0 Å². The second-order valence-corrected chi connectivity index (χ2v) is 3.73. The van der Waals surface area contributed by atoms with Crippen molar-refractivity contribution in [2.75, 3.05) is 5.75 Å². The predicted octanol–water partition coefficient (Wildman–Crippen LogP) is -3.44. The van der Waals surface area contributed by atoms with E-state index >= 15 is 0 Å². The topological polar surface area (TPSA) is 176 Å². The van der Waals surface area contributed by atoms with Gasteiger partial charge in [-0.25, -0.2) is 0 Å². The minimum absolute atomic E-state index is 0. The monoisotopic (exact) mass is 364 g/mol. The molecule has 0 heterocycles. The van der Waals surface area contributed by atoms with Crippen LogP contribution in [0.2, 0.25) is 0 Å². The van der Waals surface area contributed by atoms with E-state index in [4.69, 9.17) is 34.7 Å². The van der Waals surface area contributed by atoms with E-state index < -0.39 is 44.2 Å². The summed E-state index contributed by atoms with van der Waals surface area (Å²) < 4.78 is 89.9. The fourth-order valence-electron chi connectivity index (χ4n) is 0.207. The Hall–Kier alpha value is 0.0422. The van der Waals surface area contributed by atoms with E-state index in [2.05, 4.69) is 0 Å². The standard InChI is InChI=1S/C2H3F3O3S.3BFH2O2.Li.H/c3-2(4,5)1-9(6,7)8;3*2-1(3)4;;/h1H2,(H,6,7,8);3*3-4H;;. The molecule has 9 nitrogen and oxygen atoms in total. The molecule has 0 atom stereocenters. The Morgan fingerprint density at radius 2 is 0.909 bits per heavy atom. The molecular weight excluding hydrogens is 353 g/mol. The molecule has 20 heteroatoms. The van der Waals surface area contributed by atoms with Crippen LogP contribution >= 0.6 is 0 Å². The van der Waals surface area contributed by atoms with Crippen LogP contribution in [-0.2, 0) is 10.1 Å². The van der Waals surface area contributed by atoms with E-state index in [-0.39, 0.29) is 18.9 Å². The second-order valence-electron chi connectivity index (χ2n) is 2.27. The maximum atomic E-state index is 11.0. The Kier molecular flexibility index (Phi) is 26.6. The van der Waals surface area contributed by atoms with Crippen LogP contribution in [0.25, 0.3) is 0 Å². The zero-order chi connectivity index (χ0) is 18.4. The van der Waals surface area contributed by atoms with E-state index in [9.17, 15) is 34.5 Å². The molecule has 0 amide bonds. The Bertz CT molecular complexity index is 290. The predicted molar refractivity (Wildman–Crippen MR) is 63.5 cm³/mol. The molecular formula is C2H10B3F6LiO9S. The number of hydrogen-bond acceptors (Lipinski definition) is 8. The number of alkyl halides is 3. The van der Waals surface area contributed by atoms with Gasteiger partial charge in [0.25, 0.3) is 10.1 Å². The van der Waals surface area contributed by atoms with Crippen molar-refractivity contribution in [3.05, 3.63) is 0 Å². The van der Waals surface area contributed by atoms with Crippen molar-refractivity contribution >= 4 is 51.2 Å². The van der Waals surface area contributed by atoms with Crippen LogP contribution in [-0.4, -0.2) is 96.1 Å². The Morgan fingerprint density at radius 3 is 0.909 bits per heavy atom. The molecule has 0 aromatic rings. The first-order valence-corrected chi connectivity index (χ1v) is 5.54. The fraction of sp³-hybridized carbons (Fsp3) is 1.00. The summed E-state index contributed by atoms with van der Waals surface area (Å²) in [5.41, 5.74) is 0. The number of halogens is 6. The third kappa shape index (κ3) is 199. The van der Waals surface area contributed by atoms with Gasteiger partial charge in [0, 0.05) is 0 Å². The zero-order valence-electron chi connectivity index (χ0n) is 9.56. The van der Waals surface area contributed by atoms with Gasteiger partial charge >= 0.3 is 47.2 Å². The van der Waals surface area contributed by atoms with Crippen molar-refractivity contribution in [3.8, 4) is 0 Å². The summed E-state index contributed by atoms with van der Waals surface area (Å²) >= 11 is 0. The van der Waals surface area contributed by atoms with Gasteiger partial charge in [0.15, 0.2) is 5.75 Å². The molecule has 130 valence electrons. The van der Waals surface area contributed by atoms with E-state index in [0.29, 0.717) is 0 Å². The first kappa shape index (κ1) is 33.6. The van der Waals surface area contributed by atoms with Crippen LogP contribution in [0.5, 0.6) is 0 Å². The maximum absolute atomic E-state index is 11.0. The molecule has 7 N–H and O–H groups in total. The first-order chi connectivity index (χ1) is 8.90. The second kappa shape index (κ2) is 17.4. The van der Waals surface area contributed by atoms with Gasteiger partial charge in [-0.3, -0.25) is 17.5 Å². The van der Waals surface area contributed by atoms with Crippen LogP contribution in [0.3, 0.4) is 0 Å². The van der Waals surface area contributed by atoms with Gasteiger partial charge in [-0.05, 0) is 0 Å². The molecule has 0 saturated heterocycles. The summed E-state index contributed by atoms with van der Waals surface area (Å²) in [5.74, 6) is -2.18. The van der Waals surface area contributed by atoms with Crippen molar-refractivity contribution in [2.45, 2.75) is 6.18 Å². The molecule has 22 heavy (non-hydrogen) atoms. The van der Waals surface area contributed by atoms with Crippen LogP contribution in [0.4, 0.5) is 26.1 Å². The van der Waals surface area contributed by atoms with Gasteiger partial charge in [0.2, 0.25) is 0 Å². The van der Waals surface area contributed by atoms with E-state index in [0.717, 1.165) is 0 Å². The molecule has 0 saturated carbocycles. The van der Waals surface area contributed by atoms with Crippen molar-refractivity contribution in [1.29, 1.82) is 0 Å². The summed E-state index contributed by atoms with van der Waals surface area (Å²) in [4.78, 5) is 0. The van der Waals surface area contributed by atoms with Crippen molar-refractivity contribution in [2.24, 2.45) is 0 Å². The normalized spacial score (nSPS) is 9.32. The Balaban J connectivity index is -0.0000000632. The molecule has 0 aromatic heterocycles. The molecule has 0 radical (unpaired) electrons. The Morgan fingerprint density at radius 1 is 0.773 bits per heavy atom. The molecule has 0 spiro atoms. The van der Waals surface area contributed by atoms with Gasteiger partial charge in [0.05, 0.1) is 0 Å². The molecule has 0 fully saturated rings. The molecule has 0 bridgehead atoms. The van der Waals surface area contributed by atoms with Gasteiger partial charge in [-0.2, -0.15) is 21.6 Å². The van der Waals surface area contributed by atoms with Crippen LogP contribution in [0.1, 0.15) is 0 Å². The molecule has 0 rings (SSSR count). The summed E-state index contributed by atoms with van der Waals surface area (Å²) in [6, 6.07) is 0. The minimum atomic E-state index is -4.91. The van der Waals surface area contributed by atoms with Gasteiger partial charge in [0.1, 0.15) is 0 Å². The SMILES string of the molecule is O=S(=O)(O)CC(F)(F)F.OB(O)F.OB(O)F.OB(O)F.[LiH]. The molecule has 0 aliphatic heterocycles. The summed E-state index contributed by atoms with van der Waals surface area (Å²) in [6.45, 7) is 0. The van der Waals surface area contributed by atoms with Gasteiger partial charge in [-0.1, -0.05) is 0 Å². The van der Waals surface area contributed by atoms with Gasteiger partial charge < -0.3 is 30.1 Å². The summed E-state index contributed by atoms with van der Waals surface area (Å²) in [7, 11) is -12.9. The fourth-order valence-corrected chi connectivity index (χ4v) is 0.620. The number of rotatable bonds is 1. The zero-order valence-corrected chi connectivity index (χ0v) is 10.4. The third-order valence-electron chi connectivity index (χ3n) is 0.346. The average Bonchev–Trinajstić information content (AvgIpc) is 1.89. The number of hydrogen-bond donors (Lipinski definition) is 7. The van der Waals surface area contributed by atoms with Gasteiger partial charge in [-0.15, -0.1) is 0 Å². The third-order valence-corrected chi connectivity index (χ3v) is 1.04. The molecule has 0 aromatic carbocycles. The van der Waals surface area contributed by atoms with E-state index in [1.54, 1.807) is 0 Å². The van der Waals surface area contributed by atoms with E-state index in [1.807, 2.05) is 0 Å². The quantitative estimate of drug-likeness (QED) is 0.142. The Labute approximate surface area is 133 Å². The molecule has 0 unspecified atom stereocenters. The summed E-state index contributed by atoms with van der Waals surface area (Å²) in [5, 5.41) is 41.7. The first-order valence-electron chi connectivity index (χ1n) is 3.93. The average molecular weight is 364 g/mol. The van der Waals surface area contributed by atoms with Crippen LogP contribution in [0, 0.1) is 0 Å². The van der Waals surface area contributed by atoms with Crippen molar-refractivity contribution in [3.63, 3.8) is 0 Å². The van der Waals surface area contributed by atoms with Crippen molar-refractivity contribution < 1.29 is 69.2 Å².